The molecule has 1 fully saturated rings. The lowest BCUT2D eigenvalue weighted by atomic mass is 10.2. The van der Waals surface area contributed by atoms with Crippen LogP contribution in [0.4, 0.5) is 5.82 Å². The van der Waals surface area contributed by atoms with Crippen LogP contribution >= 0.6 is 0 Å². The maximum atomic E-state index is 5.96. The van der Waals surface area contributed by atoms with Crippen molar-refractivity contribution < 1.29 is 9.47 Å². The molecule has 2 atom stereocenters. The van der Waals surface area contributed by atoms with Crippen molar-refractivity contribution in [2.24, 2.45) is 13.0 Å². The summed E-state index contributed by atoms with van der Waals surface area (Å²) in [5.74, 6) is 3.64. The molecule has 1 aliphatic carbocycles. The second kappa shape index (κ2) is 7.84. The van der Waals surface area contributed by atoms with Gasteiger partial charge in [0.1, 0.15) is 17.4 Å². The van der Waals surface area contributed by atoms with Crippen molar-refractivity contribution in [2.75, 3.05) is 19.0 Å². The molecule has 0 saturated heterocycles. The predicted molar refractivity (Wildman–Crippen MR) is 104 cm³/mol. The van der Waals surface area contributed by atoms with E-state index in [4.69, 9.17) is 9.47 Å². The molecule has 1 saturated carbocycles. The number of hydrogen-bond acceptors (Lipinski definition) is 7. The molecule has 0 bridgehead atoms. The van der Waals surface area contributed by atoms with E-state index in [-0.39, 0.29) is 0 Å². The van der Waals surface area contributed by atoms with Crippen molar-refractivity contribution in [3.8, 4) is 11.6 Å². The molecule has 1 aliphatic rings. The Labute approximate surface area is 164 Å². The van der Waals surface area contributed by atoms with Crippen molar-refractivity contribution >= 4 is 5.82 Å². The Morgan fingerprint density at radius 3 is 3.00 bits per heavy atom. The smallest absolute Gasteiger partial charge is 0.218 e. The molecule has 8 heteroatoms. The first-order valence-corrected chi connectivity index (χ1v) is 9.31. The van der Waals surface area contributed by atoms with Gasteiger partial charge in [0.25, 0.3) is 0 Å². The highest BCUT2D eigenvalue weighted by Crippen LogP contribution is 2.49. The van der Waals surface area contributed by atoms with Crippen LogP contribution in [0.2, 0.25) is 0 Å². The van der Waals surface area contributed by atoms with Crippen molar-refractivity contribution in [1.29, 1.82) is 0 Å². The van der Waals surface area contributed by atoms with E-state index in [9.17, 15) is 0 Å². The number of ether oxygens (including phenoxy) is 2. The van der Waals surface area contributed by atoms with Gasteiger partial charge in [-0.05, 0) is 25.5 Å². The second-order valence-corrected chi connectivity index (χ2v) is 7.02. The molecule has 0 radical (unpaired) electrons. The van der Waals surface area contributed by atoms with Crippen molar-refractivity contribution in [3.05, 3.63) is 53.9 Å². The van der Waals surface area contributed by atoms with Gasteiger partial charge in [0.2, 0.25) is 5.88 Å². The van der Waals surface area contributed by atoms with Crippen LogP contribution in [0.1, 0.15) is 29.4 Å². The lowest BCUT2D eigenvalue weighted by Gasteiger charge is -2.10. The van der Waals surface area contributed by atoms with Crippen LogP contribution in [0.5, 0.6) is 11.6 Å². The average Bonchev–Trinajstić information content (AvgIpc) is 3.36. The summed E-state index contributed by atoms with van der Waals surface area (Å²) in [6.07, 6.45) is 6.65. The number of rotatable bonds is 8. The fourth-order valence-electron chi connectivity index (χ4n) is 3.27. The molecule has 0 aromatic carbocycles. The van der Waals surface area contributed by atoms with Crippen LogP contribution in [0, 0.1) is 12.8 Å². The molecule has 28 heavy (non-hydrogen) atoms. The fourth-order valence-corrected chi connectivity index (χ4v) is 3.27. The van der Waals surface area contributed by atoms with E-state index in [0.717, 1.165) is 29.2 Å². The number of hydrogen-bond donors (Lipinski definition) is 1. The van der Waals surface area contributed by atoms with Crippen LogP contribution in [-0.2, 0) is 13.6 Å². The molecule has 3 aromatic rings. The maximum Gasteiger partial charge on any atom is 0.218 e. The zero-order valence-electron chi connectivity index (χ0n) is 16.3. The number of nitrogens with zero attached hydrogens (tertiary/aromatic N) is 5. The fraction of sp³-hybridized carbons (Fsp3) is 0.400. The second-order valence-electron chi connectivity index (χ2n) is 7.02. The quantitative estimate of drug-likeness (QED) is 0.643. The number of methoxy groups -OCH3 is 1. The largest absolute Gasteiger partial charge is 0.495 e. The van der Waals surface area contributed by atoms with E-state index < -0.39 is 0 Å². The van der Waals surface area contributed by atoms with Gasteiger partial charge in [-0.1, -0.05) is 0 Å². The SMILES string of the molecule is COc1cccnc1[C@H]1C[C@@H]1COc1cc(NCc2cnn(C)c2)nc(C)n1. The topological polar surface area (TPSA) is 87.0 Å². The van der Waals surface area contributed by atoms with Gasteiger partial charge in [-0.2, -0.15) is 10.1 Å². The number of aromatic nitrogens is 5. The van der Waals surface area contributed by atoms with E-state index in [2.05, 4.69) is 25.4 Å². The summed E-state index contributed by atoms with van der Waals surface area (Å²) in [5.41, 5.74) is 2.10. The Morgan fingerprint density at radius 1 is 1.32 bits per heavy atom. The van der Waals surface area contributed by atoms with Crippen molar-refractivity contribution in [3.63, 3.8) is 0 Å². The first-order valence-electron chi connectivity index (χ1n) is 9.31. The summed E-state index contributed by atoms with van der Waals surface area (Å²) in [4.78, 5) is 13.3. The lowest BCUT2D eigenvalue weighted by Crippen LogP contribution is -2.07. The summed E-state index contributed by atoms with van der Waals surface area (Å²) < 4.78 is 13.1. The predicted octanol–water partition coefficient (Wildman–Crippen LogP) is 2.72. The van der Waals surface area contributed by atoms with E-state index in [1.54, 1.807) is 11.8 Å². The zero-order chi connectivity index (χ0) is 19.5. The Bertz CT molecular complexity index is 957. The van der Waals surface area contributed by atoms with Crippen LogP contribution in [-0.4, -0.2) is 38.4 Å². The molecule has 3 aromatic heterocycles. The summed E-state index contributed by atoms with van der Waals surface area (Å²) in [5, 5.41) is 7.47. The summed E-state index contributed by atoms with van der Waals surface area (Å²) >= 11 is 0. The van der Waals surface area contributed by atoms with Gasteiger partial charge in [0.05, 0.1) is 25.6 Å². The van der Waals surface area contributed by atoms with E-state index in [0.29, 0.717) is 36.7 Å². The number of anilines is 1. The monoisotopic (exact) mass is 380 g/mol. The number of nitrogens with one attached hydrogen (secondary N) is 1. The number of pyridine rings is 1. The molecule has 8 nitrogen and oxygen atoms in total. The molecular weight excluding hydrogens is 356 g/mol. The van der Waals surface area contributed by atoms with Crippen LogP contribution < -0.4 is 14.8 Å². The summed E-state index contributed by atoms with van der Waals surface area (Å²) in [7, 11) is 3.58. The Morgan fingerprint density at radius 2 is 2.21 bits per heavy atom. The third-order valence-corrected chi connectivity index (χ3v) is 4.79. The minimum atomic E-state index is 0.377. The van der Waals surface area contributed by atoms with E-state index >= 15 is 0 Å². The standard InChI is InChI=1S/C20H24N6O2/c1-13-24-18(22-9-14-10-23-26(2)11-14)8-19(25-13)28-12-15-7-16(15)20-17(27-3)5-4-6-21-20/h4-6,8,10-11,15-16H,7,9,12H2,1-3H3,(H,22,24,25)/t15-,16+/m1/s1. The molecule has 3 heterocycles. The van der Waals surface area contributed by atoms with Crippen LogP contribution in [0.25, 0.3) is 0 Å². The maximum absolute atomic E-state index is 5.96. The zero-order valence-corrected chi connectivity index (χ0v) is 16.3. The highest BCUT2D eigenvalue weighted by molar-refractivity contribution is 5.39. The van der Waals surface area contributed by atoms with Crippen LogP contribution in [0.15, 0.2) is 36.8 Å². The van der Waals surface area contributed by atoms with Gasteiger partial charge < -0.3 is 14.8 Å². The molecule has 146 valence electrons. The van der Waals surface area contributed by atoms with Gasteiger partial charge >= 0.3 is 0 Å². The minimum Gasteiger partial charge on any atom is -0.495 e. The summed E-state index contributed by atoms with van der Waals surface area (Å²) in [6, 6.07) is 5.68. The normalized spacial score (nSPS) is 18.0. The van der Waals surface area contributed by atoms with Gasteiger partial charge in [0.15, 0.2) is 0 Å². The molecule has 0 unspecified atom stereocenters. The van der Waals surface area contributed by atoms with Gasteiger partial charge in [0, 0.05) is 49.5 Å². The molecule has 0 aliphatic heterocycles. The average molecular weight is 380 g/mol. The molecular formula is C20H24N6O2. The summed E-state index contributed by atoms with van der Waals surface area (Å²) in [6.45, 7) is 3.11. The third kappa shape index (κ3) is 4.21. The van der Waals surface area contributed by atoms with Crippen LogP contribution in [0.3, 0.4) is 0 Å². The third-order valence-electron chi connectivity index (χ3n) is 4.79. The molecule has 1 N–H and O–H groups in total. The van der Waals surface area contributed by atoms with Crippen molar-refractivity contribution in [1.82, 2.24) is 24.7 Å². The molecule has 4 rings (SSSR count). The minimum absolute atomic E-state index is 0.377. The highest BCUT2D eigenvalue weighted by Gasteiger charge is 2.41. The van der Waals surface area contributed by atoms with Gasteiger partial charge in [-0.3, -0.25) is 9.67 Å². The Hall–Kier alpha value is -3.16. The molecule has 0 amide bonds. The Balaban J connectivity index is 1.34. The van der Waals surface area contributed by atoms with E-state index in [1.165, 1.54) is 0 Å². The molecule has 0 spiro atoms. The van der Waals surface area contributed by atoms with Crippen molar-refractivity contribution in [2.45, 2.75) is 25.8 Å². The van der Waals surface area contributed by atoms with E-state index in [1.807, 2.05) is 50.8 Å². The van der Waals surface area contributed by atoms with Gasteiger partial charge in [-0.25, -0.2) is 4.98 Å². The first kappa shape index (κ1) is 18.2. The Kier molecular flexibility index (Phi) is 5.10. The highest BCUT2D eigenvalue weighted by atomic mass is 16.5. The number of aryl methyl sites for hydroxylation is 2. The first-order chi connectivity index (χ1) is 13.6. The lowest BCUT2D eigenvalue weighted by molar-refractivity contribution is 0.284. The van der Waals surface area contributed by atoms with Gasteiger partial charge in [-0.15, -0.1) is 0 Å².